The van der Waals surface area contributed by atoms with Gasteiger partial charge in [-0.3, -0.25) is 4.79 Å². The summed E-state index contributed by atoms with van der Waals surface area (Å²) in [6.45, 7) is -1.52. The van der Waals surface area contributed by atoms with Crippen molar-refractivity contribution in [1.82, 2.24) is 4.98 Å². The molecular formula is C9H9F2NO3. The van der Waals surface area contributed by atoms with Crippen LogP contribution in [0.1, 0.15) is 18.4 Å². The molecule has 0 aliphatic heterocycles. The summed E-state index contributed by atoms with van der Waals surface area (Å²) in [4.78, 5) is 14.1. The molecule has 1 atom stereocenters. The van der Waals surface area contributed by atoms with E-state index in [1.807, 2.05) is 0 Å². The molecule has 1 unspecified atom stereocenters. The number of carbonyl (C=O) groups is 1. The fourth-order valence-electron chi connectivity index (χ4n) is 0.992. The van der Waals surface area contributed by atoms with E-state index in [4.69, 9.17) is 5.11 Å². The van der Waals surface area contributed by atoms with Gasteiger partial charge in [0.05, 0.1) is 5.92 Å². The molecular weight excluding hydrogens is 208 g/mol. The summed E-state index contributed by atoms with van der Waals surface area (Å²) in [6.07, 6.45) is 1.23. The van der Waals surface area contributed by atoms with Gasteiger partial charge >= 0.3 is 12.6 Å². The number of rotatable bonds is 4. The van der Waals surface area contributed by atoms with Gasteiger partial charge in [0.2, 0.25) is 5.88 Å². The van der Waals surface area contributed by atoms with Crippen LogP contribution < -0.4 is 4.74 Å². The van der Waals surface area contributed by atoms with Crippen molar-refractivity contribution in [3.05, 3.63) is 23.9 Å². The maximum Gasteiger partial charge on any atom is 0.388 e. The van der Waals surface area contributed by atoms with E-state index >= 15 is 0 Å². The Bertz CT molecular complexity index is 357. The van der Waals surface area contributed by atoms with Crippen LogP contribution in [0.4, 0.5) is 8.78 Å². The van der Waals surface area contributed by atoms with E-state index < -0.39 is 18.5 Å². The summed E-state index contributed by atoms with van der Waals surface area (Å²) in [5, 5.41) is 8.70. The van der Waals surface area contributed by atoms with E-state index in [0.717, 1.165) is 0 Å². The number of hydrogen-bond donors (Lipinski definition) is 1. The zero-order valence-corrected chi connectivity index (χ0v) is 7.85. The van der Waals surface area contributed by atoms with Crippen LogP contribution in [0.5, 0.6) is 5.88 Å². The Kier molecular flexibility index (Phi) is 3.54. The van der Waals surface area contributed by atoms with E-state index in [9.17, 15) is 13.6 Å². The van der Waals surface area contributed by atoms with Gasteiger partial charge in [0, 0.05) is 12.3 Å². The Morgan fingerprint density at radius 2 is 2.27 bits per heavy atom. The van der Waals surface area contributed by atoms with Crippen LogP contribution in [0.15, 0.2) is 18.3 Å². The third-order valence-electron chi connectivity index (χ3n) is 1.84. The van der Waals surface area contributed by atoms with Gasteiger partial charge in [-0.25, -0.2) is 4.98 Å². The molecule has 0 saturated heterocycles. The fourth-order valence-corrected chi connectivity index (χ4v) is 0.992. The Morgan fingerprint density at radius 3 is 2.80 bits per heavy atom. The molecule has 1 N–H and O–H groups in total. The summed E-state index contributed by atoms with van der Waals surface area (Å²) >= 11 is 0. The van der Waals surface area contributed by atoms with Crippen LogP contribution in [0.25, 0.3) is 0 Å². The molecule has 0 aromatic carbocycles. The maximum absolute atomic E-state index is 11.8. The second kappa shape index (κ2) is 4.68. The first-order valence-corrected chi connectivity index (χ1v) is 4.14. The number of hydrogen-bond acceptors (Lipinski definition) is 3. The lowest BCUT2D eigenvalue weighted by Gasteiger charge is -2.08. The van der Waals surface area contributed by atoms with Gasteiger partial charge in [0.25, 0.3) is 0 Å². The molecule has 0 bridgehead atoms. The van der Waals surface area contributed by atoms with E-state index in [1.54, 1.807) is 0 Å². The van der Waals surface area contributed by atoms with E-state index in [0.29, 0.717) is 5.56 Å². The van der Waals surface area contributed by atoms with E-state index in [2.05, 4.69) is 9.72 Å². The zero-order valence-electron chi connectivity index (χ0n) is 7.85. The first kappa shape index (κ1) is 11.4. The summed E-state index contributed by atoms with van der Waals surface area (Å²) < 4.78 is 27.7. The van der Waals surface area contributed by atoms with E-state index in [-0.39, 0.29) is 5.88 Å². The van der Waals surface area contributed by atoms with Crippen molar-refractivity contribution < 1.29 is 23.4 Å². The number of aromatic nitrogens is 1. The summed E-state index contributed by atoms with van der Waals surface area (Å²) in [5.74, 6) is -2.10. The van der Waals surface area contributed by atoms with Crippen LogP contribution in [0.3, 0.4) is 0 Å². The predicted octanol–water partition coefficient (Wildman–Crippen LogP) is 1.87. The largest absolute Gasteiger partial charge is 0.481 e. The van der Waals surface area contributed by atoms with Crippen molar-refractivity contribution in [1.29, 1.82) is 0 Å². The molecule has 1 aromatic rings. The van der Waals surface area contributed by atoms with Gasteiger partial charge in [-0.2, -0.15) is 8.78 Å². The van der Waals surface area contributed by atoms with Crippen LogP contribution in [0.2, 0.25) is 0 Å². The van der Waals surface area contributed by atoms with Gasteiger partial charge in [-0.05, 0) is 18.6 Å². The standard InChI is InChI=1S/C9H9F2NO3/c1-5(8(13)14)6-2-3-12-7(4-6)15-9(10)11/h2-5,9H,1H3,(H,13,14). The number of alkyl halides is 2. The topological polar surface area (TPSA) is 59.4 Å². The number of nitrogens with zero attached hydrogens (tertiary/aromatic N) is 1. The molecule has 0 amide bonds. The minimum atomic E-state index is -2.96. The van der Waals surface area contributed by atoms with Crippen LogP contribution in [-0.2, 0) is 4.79 Å². The van der Waals surface area contributed by atoms with Gasteiger partial charge in [0.15, 0.2) is 0 Å². The second-order valence-corrected chi connectivity index (χ2v) is 2.87. The van der Waals surface area contributed by atoms with Crippen LogP contribution in [-0.4, -0.2) is 22.7 Å². The van der Waals surface area contributed by atoms with E-state index in [1.165, 1.54) is 25.3 Å². The highest BCUT2D eigenvalue weighted by atomic mass is 19.3. The Hall–Kier alpha value is -1.72. The average molecular weight is 217 g/mol. The van der Waals surface area contributed by atoms with Crippen molar-refractivity contribution >= 4 is 5.97 Å². The highest BCUT2D eigenvalue weighted by molar-refractivity contribution is 5.75. The second-order valence-electron chi connectivity index (χ2n) is 2.87. The lowest BCUT2D eigenvalue weighted by molar-refractivity contribution is -0.138. The third kappa shape index (κ3) is 3.16. The predicted molar refractivity (Wildman–Crippen MR) is 46.9 cm³/mol. The maximum atomic E-state index is 11.8. The highest BCUT2D eigenvalue weighted by Gasteiger charge is 2.15. The van der Waals surface area contributed by atoms with Crippen molar-refractivity contribution in [2.75, 3.05) is 0 Å². The molecule has 1 aromatic heterocycles. The SMILES string of the molecule is CC(C(=O)O)c1ccnc(OC(F)F)c1. The number of ether oxygens (including phenoxy) is 1. The number of pyridine rings is 1. The molecule has 6 heteroatoms. The fraction of sp³-hybridized carbons (Fsp3) is 0.333. The molecule has 0 aliphatic rings. The molecule has 0 spiro atoms. The first-order valence-electron chi connectivity index (χ1n) is 4.14. The van der Waals surface area contributed by atoms with Gasteiger partial charge in [0.1, 0.15) is 0 Å². The number of halogens is 2. The normalized spacial score (nSPS) is 12.5. The molecule has 4 nitrogen and oxygen atoms in total. The van der Waals surface area contributed by atoms with Crippen molar-refractivity contribution in [3.8, 4) is 5.88 Å². The highest BCUT2D eigenvalue weighted by Crippen LogP contribution is 2.19. The lowest BCUT2D eigenvalue weighted by Crippen LogP contribution is -2.09. The number of aliphatic carboxylic acids is 1. The van der Waals surface area contributed by atoms with Crippen LogP contribution >= 0.6 is 0 Å². The zero-order chi connectivity index (χ0) is 11.4. The number of carboxylic acid groups (broad SMARTS) is 1. The molecule has 1 heterocycles. The molecule has 82 valence electrons. The Morgan fingerprint density at radius 1 is 1.60 bits per heavy atom. The molecule has 0 saturated carbocycles. The van der Waals surface area contributed by atoms with Gasteiger partial charge in [-0.1, -0.05) is 0 Å². The Labute approximate surface area is 84.5 Å². The first-order chi connectivity index (χ1) is 7.00. The van der Waals surface area contributed by atoms with Crippen molar-refractivity contribution in [3.63, 3.8) is 0 Å². The number of carboxylic acids is 1. The molecule has 0 aliphatic carbocycles. The minimum Gasteiger partial charge on any atom is -0.481 e. The van der Waals surface area contributed by atoms with Crippen molar-refractivity contribution in [2.45, 2.75) is 19.5 Å². The molecule has 0 fully saturated rings. The summed E-state index contributed by atoms with van der Waals surface area (Å²) in [6, 6.07) is 2.63. The van der Waals surface area contributed by atoms with Crippen LogP contribution in [0, 0.1) is 0 Å². The smallest absolute Gasteiger partial charge is 0.388 e. The summed E-state index contributed by atoms with van der Waals surface area (Å²) in [5.41, 5.74) is 0.369. The molecule has 1 rings (SSSR count). The average Bonchev–Trinajstić information content (AvgIpc) is 2.16. The Balaban J connectivity index is 2.87. The quantitative estimate of drug-likeness (QED) is 0.836. The third-order valence-corrected chi connectivity index (χ3v) is 1.84. The lowest BCUT2D eigenvalue weighted by atomic mass is 10.0. The van der Waals surface area contributed by atoms with Gasteiger partial charge in [-0.15, -0.1) is 0 Å². The summed E-state index contributed by atoms with van der Waals surface area (Å²) in [7, 11) is 0. The monoisotopic (exact) mass is 217 g/mol. The minimum absolute atomic E-state index is 0.282. The molecule has 0 radical (unpaired) electrons. The van der Waals surface area contributed by atoms with Gasteiger partial charge < -0.3 is 9.84 Å². The molecule has 15 heavy (non-hydrogen) atoms. The van der Waals surface area contributed by atoms with Crippen molar-refractivity contribution in [2.24, 2.45) is 0 Å².